The number of benzene rings is 2. The summed E-state index contributed by atoms with van der Waals surface area (Å²) in [7, 11) is 1.65. The smallest absolute Gasteiger partial charge is 0.193 e. The zero-order chi connectivity index (χ0) is 18.1. The summed E-state index contributed by atoms with van der Waals surface area (Å²) >= 11 is 0. The lowest BCUT2D eigenvalue weighted by atomic mass is 10.0. The van der Waals surface area contributed by atoms with Crippen LogP contribution in [0.2, 0.25) is 0 Å². The Hall–Kier alpha value is -2.53. The Balaban J connectivity index is 1.94. The molecule has 0 bridgehead atoms. The molecule has 0 amide bonds. The van der Waals surface area contributed by atoms with Gasteiger partial charge in [0.15, 0.2) is 5.96 Å². The Morgan fingerprint density at radius 3 is 2.68 bits per heavy atom. The second kappa shape index (κ2) is 9.69. The Morgan fingerprint density at radius 1 is 1.12 bits per heavy atom. The van der Waals surface area contributed by atoms with Crippen LogP contribution in [0.15, 0.2) is 53.5 Å². The van der Waals surface area contributed by atoms with Crippen LogP contribution in [0.5, 0.6) is 5.75 Å². The highest BCUT2D eigenvalue weighted by Crippen LogP contribution is 2.18. The fourth-order valence-electron chi connectivity index (χ4n) is 2.32. The molecule has 0 aliphatic rings. The monoisotopic (exact) mass is 341 g/mol. The van der Waals surface area contributed by atoms with Gasteiger partial charge in [-0.25, -0.2) is 4.99 Å². The maximum Gasteiger partial charge on any atom is 0.193 e. The van der Waals surface area contributed by atoms with Gasteiger partial charge in [-0.2, -0.15) is 0 Å². The van der Waals surface area contributed by atoms with Crippen LogP contribution in [-0.2, 0) is 11.3 Å². The third-order valence-corrected chi connectivity index (χ3v) is 3.71. The Labute approximate surface area is 149 Å². The number of nitrogens with zero attached hydrogens (tertiary/aromatic N) is 1. The van der Waals surface area contributed by atoms with Gasteiger partial charge >= 0.3 is 0 Å². The van der Waals surface area contributed by atoms with Crippen molar-refractivity contribution >= 4 is 11.6 Å². The van der Waals surface area contributed by atoms with Crippen LogP contribution in [0, 0.1) is 0 Å². The summed E-state index contributed by atoms with van der Waals surface area (Å²) in [4.78, 5) is 4.40. The first-order valence-electron chi connectivity index (χ1n) is 8.46. The fourth-order valence-corrected chi connectivity index (χ4v) is 2.32. The predicted octanol–water partition coefficient (Wildman–Crippen LogP) is 3.76. The van der Waals surface area contributed by atoms with Crippen molar-refractivity contribution < 1.29 is 9.47 Å². The predicted molar refractivity (Wildman–Crippen MR) is 103 cm³/mol. The van der Waals surface area contributed by atoms with E-state index in [2.05, 4.69) is 36.3 Å². The minimum absolute atomic E-state index is 0.395. The molecule has 0 unspecified atom stereocenters. The number of guanidine groups is 1. The van der Waals surface area contributed by atoms with Gasteiger partial charge in [-0.15, -0.1) is 0 Å². The van der Waals surface area contributed by atoms with Crippen LogP contribution in [-0.4, -0.2) is 26.3 Å². The van der Waals surface area contributed by atoms with Gasteiger partial charge in [-0.05, 0) is 41.3 Å². The van der Waals surface area contributed by atoms with E-state index in [0.29, 0.717) is 31.6 Å². The number of ether oxygens (including phenoxy) is 2. The first-order chi connectivity index (χ1) is 12.1. The number of hydrogen-bond donors (Lipinski definition) is 2. The van der Waals surface area contributed by atoms with E-state index in [4.69, 9.17) is 15.2 Å². The van der Waals surface area contributed by atoms with Crippen molar-refractivity contribution in [1.29, 1.82) is 0 Å². The molecule has 134 valence electrons. The van der Waals surface area contributed by atoms with Crippen molar-refractivity contribution in [3.05, 3.63) is 59.7 Å². The summed E-state index contributed by atoms with van der Waals surface area (Å²) in [6, 6.07) is 16.0. The maximum absolute atomic E-state index is 6.01. The van der Waals surface area contributed by atoms with Crippen molar-refractivity contribution in [1.82, 2.24) is 0 Å². The average Bonchev–Trinajstić information content (AvgIpc) is 2.61. The molecule has 0 saturated carbocycles. The van der Waals surface area contributed by atoms with Gasteiger partial charge in [0, 0.05) is 12.8 Å². The Morgan fingerprint density at radius 2 is 1.92 bits per heavy atom. The standard InChI is InChI=1S/C20H27N3O2/c1-15(2)17-7-5-8-18(13-17)23-20(21)22-14-16-6-4-9-19(12-16)25-11-10-24-3/h4-9,12-13,15H,10-11,14H2,1-3H3,(H3,21,22,23). The number of nitrogens with two attached hydrogens (primary N) is 1. The molecule has 5 nitrogen and oxygen atoms in total. The second-order valence-corrected chi connectivity index (χ2v) is 6.10. The van der Waals surface area contributed by atoms with Crippen molar-refractivity contribution in [2.24, 2.45) is 10.7 Å². The van der Waals surface area contributed by atoms with Crippen molar-refractivity contribution in [2.75, 3.05) is 25.6 Å². The quantitative estimate of drug-likeness (QED) is 0.436. The second-order valence-electron chi connectivity index (χ2n) is 6.10. The molecule has 2 aromatic rings. The van der Waals surface area contributed by atoms with Crippen molar-refractivity contribution in [3.63, 3.8) is 0 Å². The highest BCUT2D eigenvalue weighted by molar-refractivity contribution is 5.92. The van der Waals surface area contributed by atoms with Gasteiger partial charge in [-0.1, -0.05) is 38.1 Å². The molecule has 0 fully saturated rings. The van der Waals surface area contributed by atoms with E-state index < -0.39 is 0 Å². The molecular formula is C20H27N3O2. The minimum atomic E-state index is 0.395. The molecule has 0 aliphatic heterocycles. The topological polar surface area (TPSA) is 68.9 Å². The lowest BCUT2D eigenvalue weighted by molar-refractivity contribution is 0.146. The zero-order valence-electron chi connectivity index (χ0n) is 15.2. The molecule has 2 rings (SSSR count). The highest BCUT2D eigenvalue weighted by Gasteiger charge is 2.02. The van der Waals surface area contributed by atoms with E-state index in [1.54, 1.807) is 7.11 Å². The van der Waals surface area contributed by atoms with Crippen molar-refractivity contribution in [2.45, 2.75) is 26.3 Å². The first-order valence-corrected chi connectivity index (χ1v) is 8.46. The lowest BCUT2D eigenvalue weighted by Gasteiger charge is -2.10. The summed E-state index contributed by atoms with van der Waals surface area (Å²) in [5, 5.41) is 3.14. The van der Waals surface area contributed by atoms with Crippen LogP contribution in [0.4, 0.5) is 5.69 Å². The van der Waals surface area contributed by atoms with Crippen LogP contribution in [0.25, 0.3) is 0 Å². The molecule has 25 heavy (non-hydrogen) atoms. The molecule has 0 heterocycles. The summed E-state index contributed by atoms with van der Waals surface area (Å²) < 4.78 is 10.6. The van der Waals surface area contributed by atoms with E-state index in [9.17, 15) is 0 Å². The molecule has 0 spiro atoms. The van der Waals surface area contributed by atoms with Crippen LogP contribution < -0.4 is 15.8 Å². The molecule has 0 aliphatic carbocycles. The van der Waals surface area contributed by atoms with E-state index >= 15 is 0 Å². The number of rotatable bonds is 8. The molecule has 3 N–H and O–H groups in total. The average molecular weight is 341 g/mol. The molecule has 5 heteroatoms. The van der Waals surface area contributed by atoms with E-state index in [1.165, 1.54) is 5.56 Å². The van der Waals surface area contributed by atoms with E-state index in [-0.39, 0.29) is 0 Å². The Kier molecular flexibility index (Phi) is 7.29. The van der Waals surface area contributed by atoms with Gasteiger partial charge in [-0.3, -0.25) is 0 Å². The minimum Gasteiger partial charge on any atom is -0.491 e. The zero-order valence-corrected chi connectivity index (χ0v) is 15.2. The highest BCUT2D eigenvalue weighted by atomic mass is 16.5. The summed E-state index contributed by atoms with van der Waals surface area (Å²) in [6.07, 6.45) is 0. The van der Waals surface area contributed by atoms with Crippen LogP contribution in [0.3, 0.4) is 0 Å². The van der Waals surface area contributed by atoms with Gasteiger partial charge in [0.05, 0.1) is 13.2 Å². The molecular weight excluding hydrogens is 314 g/mol. The van der Waals surface area contributed by atoms with Crippen LogP contribution in [0.1, 0.15) is 30.9 Å². The number of aliphatic imine (C=N–C) groups is 1. The largest absolute Gasteiger partial charge is 0.491 e. The number of hydrogen-bond acceptors (Lipinski definition) is 3. The van der Waals surface area contributed by atoms with E-state index in [0.717, 1.165) is 17.0 Å². The Bertz CT molecular complexity index is 699. The van der Waals surface area contributed by atoms with Gasteiger partial charge in [0.2, 0.25) is 0 Å². The molecule has 0 atom stereocenters. The van der Waals surface area contributed by atoms with Crippen molar-refractivity contribution in [3.8, 4) is 5.75 Å². The van der Waals surface area contributed by atoms with Gasteiger partial charge in [0.25, 0.3) is 0 Å². The third-order valence-electron chi connectivity index (χ3n) is 3.71. The third kappa shape index (κ3) is 6.47. The fraction of sp³-hybridized carbons (Fsp3) is 0.350. The molecule has 2 aromatic carbocycles. The summed E-state index contributed by atoms with van der Waals surface area (Å²) in [5.41, 5.74) is 9.26. The molecule has 0 radical (unpaired) electrons. The number of anilines is 1. The SMILES string of the molecule is COCCOc1cccc(CN=C(N)Nc2cccc(C(C)C)c2)c1. The molecule has 0 aromatic heterocycles. The van der Waals surface area contributed by atoms with Gasteiger partial charge < -0.3 is 20.5 Å². The normalized spacial score (nSPS) is 11.6. The maximum atomic E-state index is 6.01. The van der Waals surface area contributed by atoms with Gasteiger partial charge in [0.1, 0.15) is 12.4 Å². The lowest BCUT2D eigenvalue weighted by Crippen LogP contribution is -2.22. The first kappa shape index (κ1) is 18.8. The number of nitrogens with one attached hydrogen (secondary N) is 1. The van der Waals surface area contributed by atoms with Crippen LogP contribution >= 0.6 is 0 Å². The molecule has 0 saturated heterocycles. The summed E-state index contributed by atoms with van der Waals surface area (Å²) in [6.45, 7) is 5.91. The number of methoxy groups -OCH3 is 1. The van der Waals surface area contributed by atoms with E-state index in [1.807, 2.05) is 36.4 Å². The summed E-state index contributed by atoms with van der Waals surface area (Å²) in [5.74, 6) is 1.67.